The van der Waals surface area contributed by atoms with Crippen molar-refractivity contribution in [1.29, 1.82) is 0 Å². The second-order valence-electron chi connectivity index (χ2n) is 16.1. The zero-order valence-corrected chi connectivity index (χ0v) is 35.1. The number of ether oxygens (including phenoxy) is 1. The van der Waals surface area contributed by atoms with Gasteiger partial charge in [0.05, 0.1) is 6.54 Å². The SMILES string of the molecule is CC[C@@H]1NC(=O)[C@H](Cc2c[nH]c3ccccc23)NC(=O)C2CCCN2C(=O)[C@@H](NC(=O)OCC2c3ccccc3-c3ccccc32)C/C=C(/CN=C(N)N)CC[C@@H](C(N)=O)NC1=O. The zero-order valence-electron chi connectivity index (χ0n) is 35.1. The number of guanidine groups is 1. The number of hydrogen-bond acceptors (Lipinski definition) is 8. The van der Waals surface area contributed by atoms with Crippen LogP contribution in [0.15, 0.2) is 95.6 Å². The van der Waals surface area contributed by atoms with Crippen LogP contribution in [-0.2, 0) is 35.1 Å². The van der Waals surface area contributed by atoms with Crippen molar-refractivity contribution in [3.05, 3.63) is 107 Å². The van der Waals surface area contributed by atoms with Gasteiger partial charge in [-0.25, -0.2) is 9.79 Å². The van der Waals surface area contributed by atoms with Crippen LogP contribution in [-0.4, -0.2) is 101 Å². The van der Waals surface area contributed by atoms with E-state index < -0.39 is 65.8 Å². The molecule has 11 N–H and O–H groups in total. The number of carbonyl (C=O) groups is 6. The summed E-state index contributed by atoms with van der Waals surface area (Å²) in [7, 11) is 0. The fourth-order valence-electron chi connectivity index (χ4n) is 8.74. The highest BCUT2D eigenvalue weighted by molar-refractivity contribution is 5.97. The molecule has 3 heterocycles. The molecular weight excluding hydrogens is 805 g/mol. The fourth-order valence-corrected chi connectivity index (χ4v) is 8.74. The lowest BCUT2D eigenvalue weighted by Gasteiger charge is -2.30. The van der Waals surface area contributed by atoms with Crippen LogP contribution in [0.5, 0.6) is 0 Å². The van der Waals surface area contributed by atoms with E-state index >= 15 is 0 Å². The lowest BCUT2D eigenvalue weighted by molar-refractivity contribution is -0.141. The van der Waals surface area contributed by atoms with Gasteiger partial charge in [-0.05, 0) is 72.4 Å². The van der Waals surface area contributed by atoms with Crippen LogP contribution in [0.4, 0.5) is 4.79 Å². The Hall–Kier alpha value is -7.17. The Labute approximate surface area is 364 Å². The summed E-state index contributed by atoms with van der Waals surface area (Å²) in [5, 5.41) is 11.9. The van der Waals surface area contributed by atoms with E-state index in [1.807, 2.05) is 72.8 Å². The van der Waals surface area contributed by atoms with Gasteiger partial charge >= 0.3 is 6.09 Å². The van der Waals surface area contributed by atoms with E-state index in [-0.39, 0.29) is 63.7 Å². The maximum Gasteiger partial charge on any atom is 0.407 e. The van der Waals surface area contributed by atoms with Gasteiger partial charge in [0.15, 0.2) is 5.96 Å². The minimum absolute atomic E-state index is 0.0000920. The zero-order chi connectivity index (χ0) is 44.6. The number of para-hydroxylation sites is 1. The maximum absolute atomic E-state index is 14.7. The summed E-state index contributed by atoms with van der Waals surface area (Å²) in [6.07, 6.45) is 3.74. The van der Waals surface area contributed by atoms with Crippen LogP contribution in [0.2, 0.25) is 0 Å². The summed E-state index contributed by atoms with van der Waals surface area (Å²) in [5.74, 6) is -3.63. The van der Waals surface area contributed by atoms with Crippen LogP contribution >= 0.6 is 0 Å². The van der Waals surface area contributed by atoms with Gasteiger partial charge in [0, 0.05) is 36.0 Å². The minimum Gasteiger partial charge on any atom is -0.449 e. The molecule has 3 aliphatic rings. The van der Waals surface area contributed by atoms with Crippen LogP contribution in [0, 0.1) is 0 Å². The summed E-state index contributed by atoms with van der Waals surface area (Å²) >= 11 is 0. The number of nitrogens with two attached hydrogens (primary N) is 3. The average Bonchev–Trinajstić information content (AvgIpc) is 4.02. The summed E-state index contributed by atoms with van der Waals surface area (Å²) in [6.45, 7) is 1.89. The maximum atomic E-state index is 14.7. The predicted molar refractivity (Wildman–Crippen MR) is 237 cm³/mol. The molecular formula is C46H54N10O7. The Kier molecular flexibility index (Phi) is 13.7. The number of aliphatic imine (C=N–C) groups is 1. The Balaban J connectivity index is 1.19. The van der Waals surface area contributed by atoms with Crippen LogP contribution in [0.3, 0.4) is 0 Å². The number of nitrogens with zero attached hydrogens (tertiary/aromatic N) is 2. The molecule has 1 unspecified atom stereocenters. The Morgan fingerprint density at radius 3 is 2.21 bits per heavy atom. The molecule has 6 amide bonds. The number of primary amides is 1. The van der Waals surface area contributed by atoms with E-state index in [1.165, 1.54) is 4.90 Å². The highest BCUT2D eigenvalue weighted by atomic mass is 16.5. The number of carbonyl (C=O) groups excluding carboxylic acids is 6. The lowest BCUT2D eigenvalue weighted by atomic mass is 9.98. The first-order valence-electron chi connectivity index (χ1n) is 21.3. The standard InChI is InChI=1S/C46H54N10O7/c1-2-34-41(58)53-36(40(47)57)19-17-26(23-51-45(48)49)18-20-37(55-46(62)63-25-33-31-13-5-3-11-29(31)30-12-4-6-14-32(30)33)44(61)56-21-9-16-39(56)43(60)54-38(42(59)52-34)22-27-24-50-35-15-8-7-10-28(27)35/h3-8,10-15,18,24,33-34,36-39,50H,2,9,16-17,19-23,25H2,1H3,(H2,47,57)(H,52,59)(H,53,58)(H,54,60)(H,55,62)(H4,48,49,51)/b26-18+/t34-,36-,37-,38-,39?/m0/s1. The highest BCUT2D eigenvalue weighted by Gasteiger charge is 2.40. The van der Waals surface area contributed by atoms with Gasteiger partial charge < -0.3 is 53.1 Å². The number of aromatic nitrogens is 1. The number of hydrogen-bond donors (Lipinski definition) is 8. The molecule has 0 saturated carbocycles. The van der Waals surface area contributed by atoms with Gasteiger partial charge in [0.1, 0.15) is 36.8 Å². The quantitative estimate of drug-likeness (QED) is 0.0697. The number of amides is 6. The van der Waals surface area contributed by atoms with Crippen molar-refractivity contribution in [3.8, 4) is 11.1 Å². The number of alkyl carbamates (subject to hydrolysis) is 1. The summed E-state index contributed by atoms with van der Waals surface area (Å²) in [5.41, 5.74) is 23.4. The molecule has 1 fully saturated rings. The Morgan fingerprint density at radius 1 is 0.841 bits per heavy atom. The van der Waals surface area contributed by atoms with Gasteiger partial charge in [-0.1, -0.05) is 85.3 Å². The van der Waals surface area contributed by atoms with Crippen molar-refractivity contribution >= 4 is 52.5 Å². The Morgan fingerprint density at radius 2 is 1.51 bits per heavy atom. The van der Waals surface area contributed by atoms with Gasteiger partial charge in [-0.2, -0.15) is 0 Å². The van der Waals surface area contributed by atoms with Crippen molar-refractivity contribution in [2.24, 2.45) is 22.2 Å². The molecule has 1 saturated heterocycles. The van der Waals surface area contributed by atoms with Gasteiger partial charge in [0.2, 0.25) is 29.5 Å². The number of H-pyrrole nitrogens is 1. The van der Waals surface area contributed by atoms with Gasteiger partial charge in [-0.3, -0.25) is 24.0 Å². The molecule has 330 valence electrons. The van der Waals surface area contributed by atoms with E-state index in [2.05, 4.69) is 31.2 Å². The molecule has 3 aromatic carbocycles. The van der Waals surface area contributed by atoms with Crippen molar-refractivity contribution in [2.45, 2.75) is 88.0 Å². The molecule has 7 rings (SSSR count). The molecule has 4 aromatic rings. The first-order chi connectivity index (χ1) is 30.4. The third-order valence-corrected chi connectivity index (χ3v) is 12.1. The minimum atomic E-state index is -1.22. The number of nitrogens with one attached hydrogen (secondary N) is 5. The van der Waals surface area contributed by atoms with Crippen molar-refractivity contribution in [2.75, 3.05) is 19.7 Å². The number of aromatic amines is 1. The van der Waals surface area contributed by atoms with Crippen LogP contribution < -0.4 is 38.5 Å². The van der Waals surface area contributed by atoms with Crippen molar-refractivity contribution < 1.29 is 33.5 Å². The summed E-state index contributed by atoms with van der Waals surface area (Å²) in [4.78, 5) is 92.0. The molecule has 17 nitrogen and oxygen atoms in total. The topological polar surface area (TPSA) is 269 Å². The monoisotopic (exact) mass is 858 g/mol. The molecule has 5 atom stereocenters. The molecule has 0 bridgehead atoms. The number of benzene rings is 3. The van der Waals surface area contributed by atoms with E-state index in [4.69, 9.17) is 21.9 Å². The van der Waals surface area contributed by atoms with E-state index in [0.29, 0.717) is 18.4 Å². The fraction of sp³-hybridized carbons (Fsp3) is 0.370. The first-order valence-corrected chi connectivity index (χ1v) is 21.3. The third kappa shape index (κ3) is 10.1. The average molecular weight is 859 g/mol. The van der Waals surface area contributed by atoms with Gasteiger partial charge in [-0.15, -0.1) is 0 Å². The molecule has 0 spiro atoms. The van der Waals surface area contributed by atoms with E-state index in [9.17, 15) is 28.8 Å². The van der Waals surface area contributed by atoms with Gasteiger partial charge in [0.25, 0.3) is 0 Å². The summed E-state index contributed by atoms with van der Waals surface area (Å²) in [6, 6.07) is 17.8. The Bertz CT molecular complexity index is 2400. The second-order valence-corrected chi connectivity index (χ2v) is 16.1. The van der Waals surface area contributed by atoms with Crippen LogP contribution in [0.1, 0.15) is 68.1 Å². The first kappa shape index (κ1) is 43.9. The lowest BCUT2D eigenvalue weighted by Crippen LogP contribution is -2.59. The molecule has 63 heavy (non-hydrogen) atoms. The highest BCUT2D eigenvalue weighted by Crippen LogP contribution is 2.44. The number of rotatable bonds is 9. The van der Waals surface area contributed by atoms with E-state index in [1.54, 1.807) is 19.2 Å². The molecule has 1 aliphatic carbocycles. The van der Waals surface area contributed by atoms with Crippen molar-refractivity contribution in [3.63, 3.8) is 0 Å². The molecule has 0 radical (unpaired) electrons. The smallest absolute Gasteiger partial charge is 0.407 e. The van der Waals surface area contributed by atoms with Crippen molar-refractivity contribution in [1.82, 2.24) is 31.2 Å². The third-order valence-electron chi connectivity index (χ3n) is 12.1. The summed E-state index contributed by atoms with van der Waals surface area (Å²) < 4.78 is 5.85. The molecule has 2 aliphatic heterocycles. The molecule has 17 heteroatoms. The predicted octanol–water partition coefficient (Wildman–Crippen LogP) is 2.34. The second kappa shape index (κ2) is 19.7. The van der Waals surface area contributed by atoms with Crippen LogP contribution in [0.25, 0.3) is 22.0 Å². The van der Waals surface area contributed by atoms with E-state index in [0.717, 1.165) is 38.7 Å². The largest absolute Gasteiger partial charge is 0.449 e. The number of fused-ring (bicyclic) bond motifs is 5. The molecule has 1 aromatic heterocycles. The normalized spacial score (nSPS) is 23.1.